The third kappa shape index (κ3) is 3.91. The first-order chi connectivity index (χ1) is 10.3. The molecule has 2 amide bonds. The molecule has 0 spiro atoms. The Hall–Kier alpha value is -2.22. The highest BCUT2D eigenvalue weighted by Crippen LogP contribution is 2.26. The Kier molecular flexibility index (Phi) is 4.60. The average Bonchev–Trinajstić information content (AvgIpc) is 2.95. The van der Waals surface area contributed by atoms with Crippen LogP contribution in [0.15, 0.2) is 12.1 Å². The molecule has 0 radical (unpaired) electrons. The Morgan fingerprint density at radius 1 is 1.36 bits per heavy atom. The molecule has 22 heavy (non-hydrogen) atoms. The van der Waals surface area contributed by atoms with E-state index in [0.29, 0.717) is 13.1 Å². The van der Waals surface area contributed by atoms with E-state index in [1.807, 2.05) is 26.2 Å². The van der Waals surface area contributed by atoms with Crippen molar-refractivity contribution in [3.63, 3.8) is 0 Å². The van der Waals surface area contributed by atoms with Crippen molar-refractivity contribution in [2.45, 2.75) is 38.7 Å². The van der Waals surface area contributed by atoms with E-state index in [9.17, 15) is 9.59 Å². The maximum absolute atomic E-state index is 12.0. The molecule has 1 atom stereocenters. The van der Waals surface area contributed by atoms with Crippen LogP contribution in [0.4, 0.5) is 4.79 Å². The van der Waals surface area contributed by atoms with Crippen molar-refractivity contribution in [3.05, 3.63) is 23.5 Å². The molecule has 1 saturated heterocycles. The Balaban J connectivity index is 1.98. The van der Waals surface area contributed by atoms with Crippen molar-refractivity contribution < 1.29 is 14.3 Å². The number of nitrogens with one attached hydrogen (secondary N) is 1. The number of nitrogen functional groups attached to an aromatic ring is 1. The number of nitrogens with two attached hydrogens (primary N) is 1. The maximum Gasteiger partial charge on any atom is 0.410 e. The van der Waals surface area contributed by atoms with E-state index in [0.717, 1.165) is 12.1 Å². The van der Waals surface area contributed by atoms with Crippen molar-refractivity contribution >= 4 is 12.0 Å². The Bertz CT molecular complexity index is 553. The summed E-state index contributed by atoms with van der Waals surface area (Å²) in [5.74, 6) is 4.65. The summed E-state index contributed by atoms with van der Waals surface area (Å²) in [7, 11) is 0. The molecule has 1 unspecified atom stereocenters. The summed E-state index contributed by atoms with van der Waals surface area (Å²) >= 11 is 0. The molecule has 0 saturated carbocycles. The van der Waals surface area contributed by atoms with Crippen molar-refractivity contribution in [1.82, 2.24) is 20.5 Å². The molecule has 0 aromatic carbocycles. The molecule has 0 aliphatic carbocycles. The molecule has 1 aromatic rings. The van der Waals surface area contributed by atoms with Gasteiger partial charge in [0.05, 0.1) is 5.69 Å². The number of aromatic nitrogens is 2. The zero-order valence-corrected chi connectivity index (χ0v) is 13.0. The number of nitrogens with zero attached hydrogens (tertiary/aromatic N) is 3. The minimum absolute atomic E-state index is 0.0926. The third-order valence-electron chi connectivity index (χ3n) is 3.31. The lowest BCUT2D eigenvalue weighted by Crippen LogP contribution is -2.35. The van der Waals surface area contributed by atoms with Crippen LogP contribution in [0.5, 0.6) is 0 Å². The van der Waals surface area contributed by atoms with Gasteiger partial charge in [-0.05, 0) is 39.3 Å². The Morgan fingerprint density at radius 3 is 2.64 bits per heavy atom. The second-order valence-corrected chi connectivity index (χ2v) is 6.23. The van der Waals surface area contributed by atoms with Gasteiger partial charge in [-0.2, -0.15) is 5.10 Å². The SMILES string of the molecule is CC(C)(C)OC(=O)N1CCC(c2ccc(C(=O)NN)nn2)C1. The van der Waals surface area contributed by atoms with Gasteiger partial charge >= 0.3 is 6.09 Å². The highest BCUT2D eigenvalue weighted by molar-refractivity contribution is 5.91. The Morgan fingerprint density at radius 2 is 2.09 bits per heavy atom. The normalized spacial score (nSPS) is 18.2. The summed E-state index contributed by atoms with van der Waals surface area (Å²) in [5.41, 5.74) is 2.41. The minimum Gasteiger partial charge on any atom is -0.444 e. The van der Waals surface area contributed by atoms with Gasteiger partial charge < -0.3 is 9.64 Å². The van der Waals surface area contributed by atoms with Crippen LogP contribution >= 0.6 is 0 Å². The first-order valence-electron chi connectivity index (χ1n) is 7.12. The van der Waals surface area contributed by atoms with Gasteiger partial charge in [0, 0.05) is 19.0 Å². The van der Waals surface area contributed by atoms with Gasteiger partial charge in [-0.25, -0.2) is 10.6 Å². The lowest BCUT2D eigenvalue weighted by Gasteiger charge is -2.24. The maximum atomic E-state index is 12.0. The molecular weight excluding hydrogens is 286 g/mol. The molecule has 0 bridgehead atoms. The van der Waals surface area contributed by atoms with E-state index in [1.165, 1.54) is 0 Å². The highest BCUT2D eigenvalue weighted by Gasteiger charge is 2.31. The van der Waals surface area contributed by atoms with Gasteiger partial charge in [0.15, 0.2) is 5.69 Å². The van der Waals surface area contributed by atoms with Gasteiger partial charge in [-0.1, -0.05) is 0 Å². The molecule has 120 valence electrons. The van der Waals surface area contributed by atoms with Crippen molar-refractivity contribution in [2.24, 2.45) is 5.84 Å². The number of amides is 2. The molecule has 3 N–H and O–H groups in total. The molecule has 1 aliphatic rings. The average molecular weight is 307 g/mol. The number of ether oxygens (including phenoxy) is 1. The molecule has 8 heteroatoms. The number of likely N-dealkylation sites (tertiary alicyclic amines) is 1. The highest BCUT2D eigenvalue weighted by atomic mass is 16.6. The topological polar surface area (TPSA) is 110 Å². The molecular formula is C14H21N5O3. The van der Waals surface area contributed by atoms with Gasteiger partial charge in [-0.3, -0.25) is 10.2 Å². The van der Waals surface area contributed by atoms with E-state index in [4.69, 9.17) is 10.6 Å². The van der Waals surface area contributed by atoms with Crippen LogP contribution in [0.2, 0.25) is 0 Å². The summed E-state index contributed by atoms with van der Waals surface area (Å²) in [6.45, 7) is 6.67. The number of hydrogen-bond donors (Lipinski definition) is 2. The minimum atomic E-state index is -0.508. The first kappa shape index (κ1) is 16.2. The number of rotatable bonds is 2. The summed E-state index contributed by atoms with van der Waals surface area (Å²) in [5, 5.41) is 7.90. The van der Waals surface area contributed by atoms with E-state index < -0.39 is 11.5 Å². The number of carbonyl (C=O) groups is 2. The van der Waals surface area contributed by atoms with E-state index in [1.54, 1.807) is 17.0 Å². The smallest absolute Gasteiger partial charge is 0.410 e. The fourth-order valence-electron chi connectivity index (χ4n) is 2.25. The van der Waals surface area contributed by atoms with Crippen LogP contribution in [0.25, 0.3) is 0 Å². The molecule has 2 rings (SSSR count). The number of carbonyl (C=O) groups excluding carboxylic acids is 2. The second-order valence-electron chi connectivity index (χ2n) is 6.23. The van der Waals surface area contributed by atoms with Crippen molar-refractivity contribution in [1.29, 1.82) is 0 Å². The van der Waals surface area contributed by atoms with Gasteiger partial charge in [0.1, 0.15) is 5.60 Å². The van der Waals surface area contributed by atoms with E-state index in [-0.39, 0.29) is 17.7 Å². The zero-order valence-electron chi connectivity index (χ0n) is 13.0. The molecule has 1 aliphatic heterocycles. The van der Waals surface area contributed by atoms with Crippen LogP contribution in [0, 0.1) is 0 Å². The van der Waals surface area contributed by atoms with Gasteiger partial charge in [0.25, 0.3) is 5.91 Å². The largest absolute Gasteiger partial charge is 0.444 e. The number of hydrazine groups is 1. The quantitative estimate of drug-likeness (QED) is 0.475. The molecule has 8 nitrogen and oxygen atoms in total. The molecule has 1 fully saturated rings. The van der Waals surface area contributed by atoms with Crippen LogP contribution < -0.4 is 11.3 Å². The summed E-state index contributed by atoms with van der Waals surface area (Å²) < 4.78 is 5.36. The van der Waals surface area contributed by atoms with Crippen molar-refractivity contribution in [2.75, 3.05) is 13.1 Å². The fourth-order valence-corrected chi connectivity index (χ4v) is 2.25. The monoisotopic (exact) mass is 307 g/mol. The summed E-state index contributed by atoms with van der Waals surface area (Å²) in [6, 6.07) is 3.31. The predicted octanol–water partition coefficient (Wildman–Crippen LogP) is 0.805. The number of hydrogen-bond acceptors (Lipinski definition) is 6. The van der Waals surface area contributed by atoms with Crippen LogP contribution in [-0.2, 0) is 4.74 Å². The standard InChI is InChI=1S/C14H21N5O3/c1-14(2,3)22-13(21)19-7-6-9(8-19)10-4-5-11(18-17-10)12(20)16-15/h4-5,9H,6-8,15H2,1-3H3,(H,16,20). The summed E-state index contributed by atoms with van der Waals surface area (Å²) in [6.07, 6.45) is 0.471. The van der Waals surface area contributed by atoms with Crippen LogP contribution in [0.3, 0.4) is 0 Å². The van der Waals surface area contributed by atoms with Crippen LogP contribution in [-0.4, -0.2) is 45.8 Å². The molecule has 2 heterocycles. The lowest BCUT2D eigenvalue weighted by atomic mass is 10.0. The summed E-state index contributed by atoms with van der Waals surface area (Å²) in [4.78, 5) is 25.0. The third-order valence-corrected chi connectivity index (χ3v) is 3.31. The Labute approximate surface area is 129 Å². The second kappa shape index (κ2) is 6.27. The van der Waals surface area contributed by atoms with E-state index in [2.05, 4.69) is 10.2 Å². The van der Waals surface area contributed by atoms with Gasteiger partial charge in [0.2, 0.25) is 0 Å². The lowest BCUT2D eigenvalue weighted by molar-refractivity contribution is 0.0292. The van der Waals surface area contributed by atoms with E-state index >= 15 is 0 Å². The first-order valence-corrected chi connectivity index (χ1v) is 7.12. The van der Waals surface area contributed by atoms with Crippen molar-refractivity contribution in [3.8, 4) is 0 Å². The van der Waals surface area contributed by atoms with Gasteiger partial charge in [-0.15, -0.1) is 5.10 Å². The fraction of sp³-hybridized carbons (Fsp3) is 0.571. The van der Waals surface area contributed by atoms with Crippen LogP contribution in [0.1, 0.15) is 49.3 Å². The zero-order chi connectivity index (χ0) is 16.3. The molecule has 1 aromatic heterocycles. The predicted molar refractivity (Wildman–Crippen MR) is 78.9 cm³/mol.